The number of carbonyl (C=O) groups excluding carboxylic acids is 1. The number of hydrogen-bond acceptors (Lipinski definition) is 5. The number of hydrogen-bond donors (Lipinski definition) is 1. The Morgan fingerprint density at radius 3 is 2.88 bits per heavy atom. The van der Waals surface area contributed by atoms with Gasteiger partial charge >= 0.3 is 0 Å². The van der Waals surface area contributed by atoms with Crippen molar-refractivity contribution >= 4 is 33.2 Å². The zero-order valence-electron chi connectivity index (χ0n) is 15.2. The van der Waals surface area contributed by atoms with E-state index >= 15 is 0 Å². The molecule has 1 unspecified atom stereocenters. The standard InChI is InChI=1S/C20H24N4OS/c1-14-13-26-20(22-14)24-9-5-8-23(10-11-24)15(2)19(25)17-12-21-18-7-4-3-6-16(17)18/h3-4,6-7,12-13,15,21H,5,8-11H2,1-2H3. The lowest BCUT2D eigenvalue weighted by atomic mass is 10.0. The molecule has 0 saturated carbocycles. The number of nitrogens with one attached hydrogen (secondary N) is 1. The van der Waals surface area contributed by atoms with Crippen molar-refractivity contribution in [2.45, 2.75) is 26.3 Å². The molecule has 0 spiro atoms. The number of rotatable bonds is 4. The van der Waals surface area contributed by atoms with Crippen molar-refractivity contribution in [1.29, 1.82) is 0 Å². The molecule has 0 amide bonds. The van der Waals surface area contributed by atoms with Crippen LogP contribution in [0.2, 0.25) is 0 Å². The molecule has 1 fully saturated rings. The molecule has 1 N–H and O–H groups in total. The maximum atomic E-state index is 13.1. The highest BCUT2D eigenvalue weighted by Gasteiger charge is 2.27. The van der Waals surface area contributed by atoms with E-state index in [1.54, 1.807) is 11.3 Å². The molecule has 1 aromatic carbocycles. The van der Waals surface area contributed by atoms with Crippen molar-refractivity contribution in [3.63, 3.8) is 0 Å². The molecule has 0 aliphatic carbocycles. The number of aryl methyl sites for hydroxylation is 1. The number of Topliss-reactive ketones (excluding diaryl/α,β-unsaturated/α-hetero) is 1. The minimum absolute atomic E-state index is 0.118. The van der Waals surface area contributed by atoms with Crippen LogP contribution in [0.4, 0.5) is 5.13 Å². The van der Waals surface area contributed by atoms with Crippen LogP contribution >= 0.6 is 11.3 Å². The fourth-order valence-corrected chi connectivity index (χ4v) is 4.53. The molecular weight excluding hydrogens is 344 g/mol. The summed E-state index contributed by atoms with van der Waals surface area (Å²) in [5.41, 5.74) is 2.89. The third kappa shape index (κ3) is 3.27. The van der Waals surface area contributed by atoms with Gasteiger partial charge in [-0.25, -0.2) is 4.98 Å². The summed E-state index contributed by atoms with van der Waals surface area (Å²) in [5.74, 6) is 0.195. The van der Waals surface area contributed by atoms with Crippen molar-refractivity contribution < 1.29 is 4.79 Å². The Hall–Kier alpha value is -2.18. The van der Waals surface area contributed by atoms with E-state index in [9.17, 15) is 4.79 Å². The fraction of sp³-hybridized carbons (Fsp3) is 0.400. The van der Waals surface area contributed by atoms with Crippen molar-refractivity contribution in [1.82, 2.24) is 14.9 Å². The molecule has 3 aromatic rings. The van der Waals surface area contributed by atoms with Crippen molar-refractivity contribution in [3.05, 3.63) is 47.1 Å². The Kier molecular flexibility index (Phi) is 4.78. The quantitative estimate of drug-likeness (QED) is 0.713. The molecule has 0 radical (unpaired) electrons. The molecule has 1 aliphatic heterocycles. The predicted octanol–water partition coefficient (Wildman–Crippen LogP) is 3.72. The molecular formula is C20H24N4OS. The molecule has 5 nitrogen and oxygen atoms in total. The number of carbonyl (C=O) groups is 1. The van der Waals surface area contributed by atoms with Gasteiger partial charge < -0.3 is 9.88 Å². The van der Waals surface area contributed by atoms with Crippen LogP contribution in [-0.2, 0) is 0 Å². The first-order chi connectivity index (χ1) is 12.6. The van der Waals surface area contributed by atoms with Crippen molar-refractivity contribution in [2.75, 3.05) is 31.1 Å². The van der Waals surface area contributed by atoms with E-state index in [1.807, 2.05) is 44.3 Å². The summed E-state index contributed by atoms with van der Waals surface area (Å²) in [6.07, 6.45) is 2.90. The lowest BCUT2D eigenvalue weighted by Crippen LogP contribution is -2.41. The molecule has 136 valence electrons. The van der Waals surface area contributed by atoms with Crippen LogP contribution < -0.4 is 4.90 Å². The maximum Gasteiger partial charge on any atom is 0.185 e. The summed E-state index contributed by atoms with van der Waals surface area (Å²) in [6, 6.07) is 7.88. The van der Waals surface area contributed by atoms with Crippen molar-refractivity contribution in [2.24, 2.45) is 0 Å². The number of H-pyrrole nitrogens is 1. The van der Waals surface area contributed by atoms with Crippen LogP contribution in [-0.4, -0.2) is 52.9 Å². The molecule has 3 heterocycles. The number of thiazole rings is 1. The normalized spacial score (nSPS) is 17.4. The lowest BCUT2D eigenvalue weighted by molar-refractivity contribution is 0.0849. The first kappa shape index (κ1) is 17.2. The third-order valence-electron chi connectivity index (χ3n) is 5.19. The van der Waals surface area contributed by atoms with Crippen LogP contribution in [0.3, 0.4) is 0 Å². The largest absolute Gasteiger partial charge is 0.360 e. The average Bonchev–Trinajstić information content (AvgIpc) is 3.20. The monoisotopic (exact) mass is 368 g/mol. The molecule has 1 atom stereocenters. The third-order valence-corrected chi connectivity index (χ3v) is 6.21. The number of fused-ring (bicyclic) bond motifs is 1. The zero-order valence-corrected chi connectivity index (χ0v) is 16.1. The number of anilines is 1. The summed E-state index contributed by atoms with van der Waals surface area (Å²) in [5, 5.41) is 4.21. The van der Waals surface area contributed by atoms with Gasteiger partial charge in [-0.05, 0) is 26.3 Å². The smallest absolute Gasteiger partial charge is 0.185 e. The van der Waals surface area contributed by atoms with Crippen LogP contribution in [0, 0.1) is 6.92 Å². The minimum atomic E-state index is -0.118. The number of aromatic nitrogens is 2. The van der Waals surface area contributed by atoms with Gasteiger partial charge in [0.15, 0.2) is 10.9 Å². The van der Waals surface area contributed by atoms with Gasteiger partial charge in [-0.15, -0.1) is 11.3 Å². The molecule has 1 aliphatic rings. The summed E-state index contributed by atoms with van der Waals surface area (Å²) >= 11 is 1.71. The van der Waals surface area contributed by atoms with E-state index in [0.29, 0.717) is 0 Å². The summed E-state index contributed by atoms with van der Waals surface area (Å²) in [7, 11) is 0. The number of para-hydroxylation sites is 1. The Morgan fingerprint density at radius 2 is 2.08 bits per heavy atom. The average molecular weight is 369 g/mol. The first-order valence-corrected chi connectivity index (χ1v) is 10.0. The van der Waals surface area contributed by atoms with E-state index in [2.05, 4.69) is 25.1 Å². The molecule has 4 rings (SSSR count). The van der Waals surface area contributed by atoms with Crippen LogP contribution in [0.1, 0.15) is 29.4 Å². The maximum absolute atomic E-state index is 13.1. The van der Waals surface area contributed by atoms with E-state index in [0.717, 1.165) is 59.9 Å². The SMILES string of the molecule is Cc1csc(N2CCCN(C(C)C(=O)c3c[nH]c4ccccc34)CC2)n1. The number of nitrogens with zero attached hydrogens (tertiary/aromatic N) is 3. The first-order valence-electron chi connectivity index (χ1n) is 9.15. The highest BCUT2D eigenvalue weighted by atomic mass is 32.1. The van der Waals surface area contributed by atoms with Gasteiger partial charge in [-0.2, -0.15) is 0 Å². The highest BCUT2D eigenvalue weighted by molar-refractivity contribution is 7.13. The fourth-order valence-electron chi connectivity index (χ4n) is 3.67. The van der Waals surface area contributed by atoms with Gasteiger partial charge in [0.1, 0.15) is 0 Å². The Balaban J connectivity index is 1.47. The number of aromatic amines is 1. The topological polar surface area (TPSA) is 52.2 Å². The number of ketones is 1. The molecule has 1 saturated heterocycles. The van der Waals surface area contributed by atoms with Gasteiger partial charge in [0.05, 0.1) is 11.7 Å². The summed E-state index contributed by atoms with van der Waals surface area (Å²) in [6.45, 7) is 7.80. The Labute approximate surface area is 157 Å². The van der Waals surface area contributed by atoms with E-state index in [4.69, 9.17) is 0 Å². The molecule has 2 aromatic heterocycles. The number of benzene rings is 1. The highest BCUT2D eigenvalue weighted by Crippen LogP contribution is 2.24. The Bertz CT molecular complexity index is 915. The van der Waals surface area contributed by atoms with Crippen LogP contribution in [0.5, 0.6) is 0 Å². The van der Waals surface area contributed by atoms with Gasteiger partial charge in [0, 0.05) is 54.2 Å². The predicted molar refractivity (Wildman–Crippen MR) is 107 cm³/mol. The molecule has 26 heavy (non-hydrogen) atoms. The second-order valence-electron chi connectivity index (χ2n) is 6.94. The summed E-state index contributed by atoms with van der Waals surface area (Å²) in [4.78, 5) is 25.6. The van der Waals surface area contributed by atoms with E-state index in [-0.39, 0.29) is 11.8 Å². The van der Waals surface area contributed by atoms with Gasteiger partial charge in [0.25, 0.3) is 0 Å². The lowest BCUT2D eigenvalue weighted by Gasteiger charge is -2.26. The van der Waals surface area contributed by atoms with Gasteiger partial charge in [-0.1, -0.05) is 18.2 Å². The van der Waals surface area contributed by atoms with Crippen LogP contribution in [0.25, 0.3) is 10.9 Å². The van der Waals surface area contributed by atoms with Gasteiger partial charge in [-0.3, -0.25) is 9.69 Å². The van der Waals surface area contributed by atoms with Gasteiger partial charge in [0.2, 0.25) is 0 Å². The molecule has 0 bridgehead atoms. The van der Waals surface area contributed by atoms with E-state index < -0.39 is 0 Å². The molecule has 6 heteroatoms. The van der Waals surface area contributed by atoms with Crippen molar-refractivity contribution in [3.8, 4) is 0 Å². The Morgan fingerprint density at radius 1 is 1.23 bits per heavy atom. The van der Waals surface area contributed by atoms with E-state index in [1.165, 1.54) is 0 Å². The second-order valence-corrected chi connectivity index (χ2v) is 7.77. The minimum Gasteiger partial charge on any atom is -0.360 e. The zero-order chi connectivity index (χ0) is 18.1. The summed E-state index contributed by atoms with van der Waals surface area (Å²) < 4.78 is 0. The van der Waals surface area contributed by atoms with Crippen LogP contribution in [0.15, 0.2) is 35.8 Å². The second kappa shape index (κ2) is 7.21.